The van der Waals surface area contributed by atoms with Gasteiger partial charge in [0.25, 0.3) is 0 Å². The Morgan fingerprint density at radius 2 is 2.27 bits per heavy atom. The molecule has 0 amide bonds. The molecular weight excluding hydrogens is 292 g/mol. The number of halogens is 1. The molecule has 0 aliphatic carbocycles. The Morgan fingerprint density at radius 3 is 2.73 bits per heavy atom. The number of thiophene rings is 1. The predicted molar refractivity (Wildman–Crippen MR) is 69.8 cm³/mol. The molecule has 80 valence electrons. The van der Waals surface area contributed by atoms with Crippen LogP contribution in [0.1, 0.15) is 22.2 Å². The summed E-state index contributed by atoms with van der Waals surface area (Å²) in [6.45, 7) is 2.05. The average Bonchev–Trinajstić information content (AvgIpc) is 2.80. The van der Waals surface area contributed by atoms with Gasteiger partial charge in [0.05, 0.1) is 17.2 Å². The molecule has 0 spiro atoms. The maximum absolute atomic E-state index is 4.29. The third-order valence-electron chi connectivity index (χ3n) is 2.29. The van der Waals surface area contributed by atoms with E-state index in [1.165, 1.54) is 14.9 Å². The zero-order valence-corrected chi connectivity index (χ0v) is 11.7. The van der Waals surface area contributed by atoms with Crippen molar-refractivity contribution in [3.63, 3.8) is 0 Å². The second-order valence-electron chi connectivity index (χ2n) is 3.20. The van der Waals surface area contributed by atoms with Gasteiger partial charge in [0.15, 0.2) is 0 Å². The molecule has 2 aromatic rings. The number of hydrogen-bond donors (Lipinski definition) is 1. The number of hydrogen-bond acceptors (Lipinski definition) is 4. The Kier molecular flexibility index (Phi) is 3.56. The van der Waals surface area contributed by atoms with Gasteiger partial charge in [-0.2, -0.15) is 11.3 Å². The first-order valence-electron chi connectivity index (χ1n) is 4.53. The van der Waals surface area contributed by atoms with E-state index in [1.807, 2.05) is 12.6 Å². The standard InChI is InChI=1S/C10H11BrN2S2/c1-6-10(15-5-13-6)9(12-2)7-3-14-4-8(7)11/h3-5,9,12H,1-2H3. The van der Waals surface area contributed by atoms with Crippen LogP contribution < -0.4 is 5.32 Å². The van der Waals surface area contributed by atoms with E-state index in [1.54, 1.807) is 22.7 Å². The van der Waals surface area contributed by atoms with Crippen molar-refractivity contribution >= 4 is 38.6 Å². The predicted octanol–water partition coefficient (Wildman–Crippen LogP) is 3.58. The van der Waals surface area contributed by atoms with Crippen LogP contribution in [-0.2, 0) is 0 Å². The molecule has 0 bridgehead atoms. The summed E-state index contributed by atoms with van der Waals surface area (Å²) in [4.78, 5) is 5.58. The van der Waals surface area contributed by atoms with Crippen molar-refractivity contribution in [1.82, 2.24) is 10.3 Å². The summed E-state index contributed by atoms with van der Waals surface area (Å²) < 4.78 is 1.17. The largest absolute Gasteiger partial charge is 0.309 e. The van der Waals surface area contributed by atoms with E-state index in [2.05, 4.69) is 43.9 Å². The van der Waals surface area contributed by atoms with Crippen LogP contribution in [-0.4, -0.2) is 12.0 Å². The van der Waals surface area contributed by atoms with Gasteiger partial charge in [0.1, 0.15) is 0 Å². The van der Waals surface area contributed by atoms with Crippen LogP contribution in [0, 0.1) is 6.92 Å². The van der Waals surface area contributed by atoms with Gasteiger partial charge in [0, 0.05) is 14.7 Å². The SMILES string of the molecule is CNC(c1cscc1Br)c1scnc1C. The van der Waals surface area contributed by atoms with Crippen LogP contribution in [0.3, 0.4) is 0 Å². The first-order chi connectivity index (χ1) is 7.24. The molecule has 2 aromatic heterocycles. The van der Waals surface area contributed by atoms with E-state index in [9.17, 15) is 0 Å². The molecule has 0 aliphatic rings. The molecule has 1 N–H and O–H groups in total. The van der Waals surface area contributed by atoms with Crippen molar-refractivity contribution in [2.24, 2.45) is 0 Å². The van der Waals surface area contributed by atoms with E-state index in [4.69, 9.17) is 0 Å². The molecule has 0 saturated heterocycles. The smallest absolute Gasteiger partial charge is 0.0798 e. The monoisotopic (exact) mass is 302 g/mol. The van der Waals surface area contributed by atoms with Crippen LogP contribution in [0.4, 0.5) is 0 Å². The number of aromatic nitrogens is 1. The average molecular weight is 303 g/mol. The Hall–Kier alpha value is -0.230. The molecule has 1 unspecified atom stereocenters. The van der Waals surface area contributed by atoms with Gasteiger partial charge in [-0.1, -0.05) is 0 Å². The normalized spacial score (nSPS) is 13.0. The summed E-state index contributed by atoms with van der Waals surface area (Å²) in [6, 6.07) is 0.248. The molecule has 1 atom stereocenters. The third kappa shape index (κ3) is 2.15. The summed E-state index contributed by atoms with van der Waals surface area (Å²) in [5, 5.41) is 7.61. The molecule has 0 aliphatic heterocycles. The van der Waals surface area contributed by atoms with Crippen molar-refractivity contribution < 1.29 is 0 Å². The minimum Gasteiger partial charge on any atom is -0.309 e. The van der Waals surface area contributed by atoms with Gasteiger partial charge >= 0.3 is 0 Å². The molecule has 0 aromatic carbocycles. The molecule has 15 heavy (non-hydrogen) atoms. The quantitative estimate of drug-likeness (QED) is 0.937. The number of nitrogens with zero attached hydrogens (tertiary/aromatic N) is 1. The highest BCUT2D eigenvalue weighted by Gasteiger charge is 2.19. The van der Waals surface area contributed by atoms with Crippen molar-refractivity contribution in [1.29, 1.82) is 0 Å². The minimum absolute atomic E-state index is 0.248. The highest BCUT2D eigenvalue weighted by atomic mass is 79.9. The molecule has 2 nitrogen and oxygen atoms in total. The number of aryl methyl sites for hydroxylation is 1. The van der Waals surface area contributed by atoms with Crippen molar-refractivity contribution in [3.8, 4) is 0 Å². The Morgan fingerprint density at radius 1 is 1.47 bits per heavy atom. The van der Waals surface area contributed by atoms with Gasteiger partial charge in [-0.15, -0.1) is 11.3 Å². The molecule has 2 rings (SSSR count). The second-order valence-corrected chi connectivity index (χ2v) is 5.68. The zero-order valence-electron chi connectivity index (χ0n) is 8.45. The third-order valence-corrected chi connectivity index (χ3v) is 5.03. The molecular formula is C10H11BrN2S2. The molecule has 0 radical (unpaired) electrons. The van der Waals surface area contributed by atoms with Gasteiger partial charge in [0.2, 0.25) is 0 Å². The fourth-order valence-corrected chi connectivity index (χ4v) is 3.99. The van der Waals surface area contributed by atoms with Gasteiger partial charge in [-0.25, -0.2) is 4.98 Å². The number of nitrogens with one attached hydrogen (secondary N) is 1. The van der Waals surface area contributed by atoms with Gasteiger partial charge in [-0.05, 0) is 40.8 Å². The summed E-state index contributed by atoms with van der Waals surface area (Å²) in [6.07, 6.45) is 0. The first kappa shape index (κ1) is 11.3. The first-order valence-corrected chi connectivity index (χ1v) is 7.14. The van der Waals surface area contributed by atoms with E-state index in [0.29, 0.717) is 0 Å². The zero-order chi connectivity index (χ0) is 10.8. The molecule has 0 saturated carbocycles. The summed E-state index contributed by atoms with van der Waals surface area (Å²) in [7, 11) is 1.98. The van der Waals surface area contributed by atoms with Crippen molar-refractivity contribution in [2.45, 2.75) is 13.0 Å². The van der Waals surface area contributed by atoms with E-state index in [-0.39, 0.29) is 6.04 Å². The maximum atomic E-state index is 4.29. The van der Waals surface area contributed by atoms with Crippen LogP contribution in [0.15, 0.2) is 20.7 Å². The van der Waals surface area contributed by atoms with Crippen molar-refractivity contribution in [3.05, 3.63) is 36.9 Å². The fraction of sp³-hybridized carbons (Fsp3) is 0.300. The highest BCUT2D eigenvalue weighted by Crippen LogP contribution is 2.34. The second kappa shape index (κ2) is 4.74. The molecule has 5 heteroatoms. The van der Waals surface area contributed by atoms with E-state index >= 15 is 0 Å². The molecule has 2 heterocycles. The summed E-state index contributed by atoms with van der Waals surface area (Å²) >= 11 is 6.98. The Bertz CT molecular complexity index is 409. The lowest BCUT2D eigenvalue weighted by molar-refractivity contribution is 0.697. The van der Waals surface area contributed by atoms with Crippen LogP contribution in [0.2, 0.25) is 0 Å². The summed E-state index contributed by atoms with van der Waals surface area (Å²) in [5.74, 6) is 0. The molecule has 0 fully saturated rings. The number of thiazole rings is 1. The Balaban J connectivity index is 2.41. The van der Waals surface area contributed by atoms with Crippen LogP contribution >= 0.6 is 38.6 Å². The van der Waals surface area contributed by atoms with Gasteiger partial charge < -0.3 is 5.32 Å². The Labute approximate surface area is 106 Å². The topological polar surface area (TPSA) is 24.9 Å². The fourth-order valence-electron chi connectivity index (χ4n) is 1.51. The van der Waals surface area contributed by atoms with Crippen molar-refractivity contribution in [2.75, 3.05) is 7.05 Å². The van der Waals surface area contributed by atoms with Crippen LogP contribution in [0.25, 0.3) is 0 Å². The van der Waals surface area contributed by atoms with E-state index < -0.39 is 0 Å². The van der Waals surface area contributed by atoms with E-state index in [0.717, 1.165) is 5.69 Å². The maximum Gasteiger partial charge on any atom is 0.0798 e. The lowest BCUT2D eigenvalue weighted by Crippen LogP contribution is -2.17. The highest BCUT2D eigenvalue weighted by molar-refractivity contribution is 9.10. The number of rotatable bonds is 3. The van der Waals surface area contributed by atoms with Crippen LogP contribution in [0.5, 0.6) is 0 Å². The minimum atomic E-state index is 0.248. The summed E-state index contributed by atoms with van der Waals surface area (Å²) in [5.41, 5.74) is 4.29. The lowest BCUT2D eigenvalue weighted by atomic mass is 10.1. The van der Waals surface area contributed by atoms with Gasteiger partial charge in [-0.3, -0.25) is 0 Å². The lowest BCUT2D eigenvalue weighted by Gasteiger charge is -2.14.